The Morgan fingerprint density at radius 1 is 0.763 bits per heavy atom. The summed E-state index contributed by atoms with van der Waals surface area (Å²) < 4.78 is 34.8. The highest BCUT2D eigenvalue weighted by Gasteiger charge is 2.16. The van der Waals surface area contributed by atoms with Crippen molar-refractivity contribution in [2.24, 2.45) is 0 Å². The van der Waals surface area contributed by atoms with Crippen molar-refractivity contribution >= 4 is 26.8 Å². The number of imidazole rings is 1. The molecule has 3 rings (SSSR count). The normalized spacial score (nSPS) is 11.9. The van der Waals surface area contributed by atoms with Gasteiger partial charge >= 0.3 is 0 Å². The van der Waals surface area contributed by atoms with Gasteiger partial charge in [0.05, 0.1) is 15.9 Å². The van der Waals surface area contributed by atoms with E-state index in [4.69, 9.17) is 10.7 Å². The van der Waals surface area contributed by atoms with Crippen LogP contribution in [0.25, 0.3) is 22.4 Å². The summed E-state index contributed by atoms with van der Waals surface area (Å²) in [5.74, 6) is 0.765. The number of fused-ring (bicyclic) bond motifs is 1. The third-order valence-electron chi connectivity index (χ3n) is 7.40. The lowest BCUT2D eigenvalue weighted by Crippen LogP contribution is -2.02. The molecule has 6 nitrogen and oxygen atoms in total. The number of hydrogen-bond acceptors (Lipinski definition) is 4. The van der Waals surface area contributed by atoms with Crippen LogP contribution in [0.15, 0.2) is 47.4 Å². The van der Waals surface area contributed by atoms with E-state index in [0.717, 1.165) is 36.3 Å². The molecule has 2 aromatic carbocycles. The first-order valence-electron chi connectivity index (χ1n) is 14.7. The molecule has 0 amide bonds. The van der Waals surface area contributed by atoms with E-state index in [1.807, 2.05) is 24.3 Å². The number of anilines is 1. The third kappa shape index (κ3) is 9.73. The molecule has 0 aliphatic heterocycles. The van der Waals surface area contributed by atoms with Gasteiger partial charge < -0.3 is 10.3 Å². The lowest BCUT2D eigenvalue weighted by atomic mass is 10.0. The summed E-state index contributed by atoms with van der Waals surface area (Å²) in [5.41, 5.74) is 8.97. The summed E-state index contributed by atoms with van der Waals surface area (Å²) in [6, 6.07) is 12.2. The molecule has 0 aliphatic rings. The van der Waals surface area contributed by atoms with Crippen LogP contribution in [0.1, 0.15) is 110 Å². The van der Waals surface area contributed by atoms with Crippen molar-refractivity contribution in [3.8, 4) is 11.4 Å². The fourth-order valence-corrected chi connectivity index (χ4v) is 5.71. The van der Waals surface area contributed by atoms with Crippen molar-refractivity contribution < 1.29 is 13.0 Å². The summed E-state index contributed by atoms with van der Waals surface area (Å²) in [5, 5.41) is 0. The van der Waals surface area contributed by atoms with Crippen LogP contribution >= 0.6 is 0 Å². The van der Waals surface area contributed by atoms with Crippen molar-refractivity contribution in [1.29, 1.82) is 0 Å². The molecule has 38 heavy (non-hydrogen) atoms. The molecular weight excluding hydrogens is 494 g/mol. The highest BCUT2D eigenvalue weighted by Crippen LogP contribution is 2.28. The molecular formula is C31H47N3O3S. The summed E-state index contributed by atoms with van der Waals surface area (Å²) >= 11 is 0. The van der Waals surface area contributed by atoms with Crippen LogP contribution in [0, 0.1) is 0 Å². The quantitative estimate of drug-likeness (QED) is 0.0897. The third-order valence-corrected chi connectivity index (χ3v) is 8.25. The number of nitrogens with two attached hydrogens (primary N) is 1. The Hall–Kier alpha value is -2.38. The van der Waals surface area contributed by atoms with Gasteiger partial charge in [0.25, 0.3) is 10.1 Å². The zero-order valence-electron chi connectivity index (χ0n) is 23.2. The summed E-state index contributed by atoms with van der Waals surface area (Å²) in [6.07, 6.45) is 21.3. The molecule has 3 aromatic rings. The molecule has 0 saturated heterocycles. The van der Waals surface area contributed by atoms with Crippen LogP contribution in [0.4, 0.5) is 5.69 Å². The van der Waals surface area contributed by atoms with E-state index in [1.54, 1.807) is 6.07 Å². The molecule has 3 N–H and O–H groups in total. The summed E-state index contributed by atoms with van der Waals surface area (Å²) in [6.45, 7) is 3.07. The number of rotatable bonds is 19. The van der Waals surface area contributed by atoms with Crippen LogP contribution in [0.2, 0.25) is 0 Å². The molecule has 0 saturated carbocycles. The number of hydrogen-bond donors (Lipinski definition) is 2. The summed E-state index contributed by atoms with van der Waals surface area (Å²) in [7, 11) is -4.28. The maximum Gasteiger partial charge on any atom is 0.294 e. The molecule has 0 radical (unpaired) electrons. The van der Waals surface area contributed by atoms with Crippen LogP contribution in [0.5, 0.6) is 0 Å². The highest BCUT2D eigenvalue weighted by molar-refractivity contribution is 7.85. The van der Waals surface area contributed by atoms with E-state index in [9.17, 15) is 13.0 Å². The van der Waals surface area contributed by atoms with E-state index in [-0.39, 0.29) is 4.90 Å². The predicted octanol–water partition coefficient (Wildman–Crippen LogP) is 8.79. The largest absolute Gasteiger partial charge is 0.399 e. The second kappa shape index (κ2) is 15.9. The maximum absolute atomic E-state index is 11.6. The van der Waals surface area contributed by atoms with Crippen LogP contribution in [-0.4, -0.2) is 22.5 Å². The van der Waals surface area contributed by atoms with Crippen LogP contribution < -0.4 is 5.73 Å². The smallest absolute Gasteiger partial charge is 0.294 e. The molecule has 0 aliphatic carbocycles. The fraction of sp³-hybridized carbons (Fsp3) is 0.581. The van der Waals surface area contributed by atoms with Gasteiger partial charge in [0.1, 0.15) is 5.82 Å². The molecule has 0 bridgehead atoms. The molecule has 7 heteroatoms. The number of aromatic nitrogens is 2. The topological polar surface area (TPSA) is 98.2 Å². The maximum atomic E-state index is 11.6. The molecule has 0 spiro atoms. The molecule has 0 atom stereocenters. The van der Waals surface area contributed by atoms with E-state index in [1.165, 1.54) is 102 Å². The van der Waals surface area contributed by atoms with Crippen molar-refractivity contribution in [2.75, 3.05) is 5.73 Å². The first kappa shape index (κ1) is 30.2. The lowest BCUT2D eigenvalue weighted by molar-refractivity contribution is 0.483. The number of unbranched alkanes of at least 4 members (excludes halogenated alkanes) is 15. The fourth-order valence-electron chi connectivity index (χ4n) is 5.21. The molecule has 1 aromatic heterocycles. The summed E-state index contributed by atoms with van der Waals surface area (Å²) in [4.78, 5) is 4.58. The van der Waals surface area contributed by atoms with E-state index < -0.39 is 10.1 Å². The van der Waals surface area contributed by atoms with Gasteiger partial charge in [-0.3, -0.25) is 4.55 Å². The van der Waals surface area contributed by atoms with Gasteiger partial charge in [-0.15, -0.1) is 0 Å². The Kier molecular flexibility index (Phi) is 12.6. The Balaban J connectivity index is 1.41. The first-order valence-corrected chi connectivity index (χ1v) is 16.2. The Morgan fingerprint density at radius 2 is 1.32 bits per heavy atom. The highest BCUT2D eigenvalue weighted by atomic mass is 32.2. The van der Waals surface area contributed by atoms with Gasteiger partial charge in [0.2, 0.25) is 0 Å². The minimum atomic E-state index is -4.28. The van der Waals surface area contributed by atoms with Crippen LogP contribution in [0.3, 0.4) is 0 Å². The molecule has 1 heterocycles. The zero-order valence-corrected chi connectivity index (χ0v) is 24.0. The average Bonchev–Trinajstić information content (AvgIpc) is 3.26. The van der Waals surface area contributed by atoms with Gasteiger partial charge in [-0.1, -0.05) is 115 Å². The van der Waals surface area contributed by atoms with Crippen molar-refractivity contribution in [3.05, 3.63) is 42.5 Å². The standard InChI is InChI=1S/C31H47N3O3S/c1-2-3-4-5-6-7-8-9-10-11-12-13-14-15-16-17-23-34-30-22-21-28(38(35,36)37)25-29(30)33-31(34)26-19-18-20-27(32)24-26/h18-22,24-25H,2-17,23,32H2,1H3,(H,35,36,37). The van der Waals surface area contributed by atoms with E-state index >= 15 is 0 Å². The zero-order chi connectivity index (χ0) is 27.2. The van der Waals surface area contributed by atoms with Gasteiger partial charge in [-0.25, -0.2) is 4.98 Å². The first-order chi connectivity index (χ1) is 18.4. The number of aryl methyl sites for hydroxylation is 1. The van der Waals surface area contributed by atoms with Crippen LogP contribution in [-0.2, 0) is 16.7 Å². The Labute approximate surface area is 229 Å². The lowest BCUT2D eigenvalue weighted by Gasteiger charge is -2.10. The van der Waals surface area contributed by atoms with Crippen molar-refractivity contribution in [1.82, 2.24) is 9.55 Å². The molecule has 0 fully saturated rings. The second-order valence-electron chi connectivity index (χ2n) is 10.6. The average molecular weight is 542 g/mol. The number of benzene rings is 2. The Bertz CT molecular complexity index is 1220. The van der Waals surface area contributed by atoms with Gasteiger partial charge in [-0.05, 0) is 36.8 Å². The second-order valence-corrected chi connectivity index (χ2v) is 12.1. The van der Waals surface area contributed by atoms with Gasteiger partial charge in [0, 0.05) is 17.8 Å². The van der Waals surface area contributed by atoms with E-state index in [0.29, 0.717) is 11.2 Å². The minimum absolute atomic E-state index is 0.142. The van der Waals surface area contributed by atoms with Gasteiger partial charge in [0.15, 0.2) is 0 Å². The van der Waals surface area contributed by atoms with Crippen molar-refractivity contribution in [2.45, 2.75) is 121 Å². The monoisotopic (exact) mass is 541 g/mol. The van der Waals surface area contributed by atoms with Crippen molar-refractivity contribution in [3.63, 3.8) is 0 Å². The minimum Gasteiger partial charge on any atom is -0.399 e. The molecule has 210 valence electrons. The Morgan fingerprint density at radius 3 is 1.84 bits per heavy atom. The SMILES string of the molecule is CCCCCCCCCCCCCCCCCCn1c(-c2cccc(N)c2)nc2cc(S(=O)(=O)O)ccc21. The van der Waals surface area contributed by atoms with E-state index in [2.05, 4.69) is 11.5 Å². The number of nitrogen functional groups attached to an aromatic ring is 1. The number of nitrogens with zero attached hydrogens (tertiary/aromatic N) is 2. The van der Waals surface area contributed by atoms with Gasteiger partial charge in [-0.2, -0.15) is 8.42 Å². The predicted molar refractivity (Wildman–Crippen MR) is 159 cm³/mol. The molecule has 0 unspecified atom stereocenters.